The van der Waals surface area contributed by atoms with Crippen LogP contribution in [0.2, 0.25) is 0 Å². The van der Waals surface area contributed by atoms with E-state index in [0.717, 1.165) is 11.1 Å². The zero-order valence-electron chi connectivity index (χ0n) is 12.1. The molecule has 110 valence electrons. The average Bonchev–Trinajstić information content (AvgIpc) is 2.52. The van der Waals surface area contributed by atoms with E-state index in [9.17, 15) is 4.79 Å². The second-order valence-corrected chi connectivity index (χ2v) is 4.91. The summed E-state index contributed by atoms with van der Waals surface area (Å²) in [6.45, 7) is 2.41. The third-order valence-electron chi connectivity index (χ3n) is 3.09. The summed E-state index contributed by atoms with van der Waals surface area (Å²) < 4.78 is 5.48. The number of benzene rings is 2. The summed E-state index contributed by atoms with van der Waals surface area (Å²) in [6, 6.07) is 17.2. The molecule has 0 aliphatic rings. The maximum Gasteiger partial charge on any atom is 0.258 e. The van der Waals surface area contributed by atoms with E-state index in [1.54, 1.807) is 0 Å². The van der Waals surface area contributed by atoms with E-state index >= 15 is 0 Å². The predicted octanol–water partition coefficient (Wildman–Crippen LogP) is 2.40. The Balaban J connectivity index is 1.80. The van der Waals surface area contributed by atoms with Crippen molar-refractivity contribution in [3.05, 3.63) is 65.7 Å². The lowest BCUT2D eigenvalue weighted by Crippen LogP contribution is -2.28. The van der Waals surface area contributed by atoms with Crippen molar-refractivity contribution in [3.63, 3.8) is 0 Å². The summed E-state index contributed by atoms with van der Waals surface area (Å²) in [5.74, 6) is 0.504. The zero-order valence-corrected chi connectivity index (χ0v) is 12.1. The van der Waals surface area contributed by atoms with Crippen molar-refractivity contribution in [2.24, 2.45) is 5.73 Å². The van der Waals surface area contributed by atoms with Gasteiger partial charge in [0.1, 0.15) is 5.75 Å². The van der Waals surface area contributed by atoms with Gasteiger partial charge >= 0.3 is 0 Å². The zero-order chi connectivity index (χ0) is 15.1. The van der Waals surface area contributed by atoms with Crippen LogP contribution in [0.3, 0.4) is 0 Å². The molecule has 0 heterocycles. The number of hydrogen-bond acceptors (Lipinski definition) is 3. The number of nitrogens with two attached hydrogens (primary N) is 1. The molecule has 0 fully saturated rings. The number of ether oxygens (including phenoxy) is 1. The highest BCUT2D eigenvalue weighted by Crippen LogP contribution is 2.17. The van der Waals surface area contributed by atoms with Gasteiger partial charge < -0.3 is 15.8 Å². The molecule has 1 atom stereocenters. The van der Waals surface area contributed by atoms with Crippen LogP contribution in [0.4, 0.5) is 0 Å². The van der Waals surface area contributed by atoms with Crippen LogP contribution in [0.5, 0.6) is 5.75 Å². The van der Waals surface area contributed by atoms with Crippen LogP contribution in [0.1, 0.15) is 24.1 Å². The van der Waals surface area contributed by atoms with Crippen molar-refractivity contribution in [2.45, 2.75) is 19.5 Å². The maximum atomic E-state index is 11.7. The molecular formula is C17H20N2O2. The quantitative estimate of drug-likeness (QED) is 0.856. The van der Waals surface area contributed by atoms with Crippen LogP contribution in [-0.2, 0) is 11.3 Å². The van der Waals surface area contributed by atoms with Crippen LogP contribution >= 0.6 is 0 Å². The van der Waals surface area contributed by atoms with Crippen LogP contribution < -0.4 is 15.8 Å². The van der Waals surface area contributed by atoms with Gasteiger partial charge in [0.05, 0.1) is 0 Å². The molecule has 21 heavy (non-hydrogen) atoms. The van der Waals surface area contributed by atoms with Gasteiger partial charge in [-0.15, -0.1) is 0 Å². The van der Waals surface area contributed by atoms with Crippen LogP contribution in [0, 0.1) is 0 Å². The van der Waals surface area contributed by atoms with E-state index in [2.05, 4.69) is 5.32 Å². The van der Waals surface area contributed by atoms with Gasteiger partial charge in [0.15, 0.2) is 6.61 Å². The molecule has 2 aromatic rings. The van der Waals surface area contributed by atoms with Gasteiger partial charge in [-0.3, -0.25) is 4.79 Å². The van der Waals surface area contributed by atoms with Gasteiger partial charge in [-0.25, -0.2) is 0 Å². The lowest BCUT2D eigenvalue weighted by molar-refractivity contribution is -0.123. The van der Waals surface area contributed by atoms with E-state index in [-0.39, 0.29) is 18.6 Å². The summed E-state index contributed by atoms with van der Waals surface area (Å²) in [5, 5.41) is 2.82. The standard InChI is InChI=1S/C17H20N2O2/c1-13(18)15-8-5-9-16(10-15)21-12-17(20)19-11-14-6-3-2-4-7-14/h2-10,13H,11-12,18H2,1H3,(H,19,20)/t13-/m0/s1. The van der Waals surface area contributed by atoms with Crippen molar-refractivity contribution in [1.29, 1.82) is 0 Å². The van der Waals surface area contributed by atoms with E-state index < -0.39 is 0 Å². The second-order valence-electron chi connectivity index (χ2n) is 4.91. The topological polar surface area (TPSA) is 64.3 Å². The molecular weight excluding hydrogens is 264 g/mol. The number of carbonyl (C=O) groups excluding carboxylic acids is 1. The molecule has 4 nitrogen and oxygen atoms in total. The third-order valence-corrected chi connectivity index (χ3v) is 3.09. The lowest BCUT2D eigenvalue weighted by atomic mass is 10.1. The molecule has 0 aliphatic heterocycles. The van der Waals surface area contributed by atoms with Crippen LogP contribution in [0.25, 0.3) is 0 Å². The second kappa shape index (κ2) is 7.45. The number of carbonyl (C=O) groups is 1. The Kier molecular flexibility index (Phi) is 5.35. The minimum absolute atomic E-state index is 0.00472. The molecule has 0 unspecified atom stereocenters. The highest BCUT2D eigenvalue weighted by Gasteiger charge is 2.05. The first-order chi connectivity index (χ1) is 10.1. The van der Waals surface area contributed by atoms with Crippen molar-refractivity contribution in [2.75, 3.05) is 6.61 Å². The van der Waals surface area contributed by atoms with Gasteiger partial charge in [0.25, 0.3) is 5.91 Å². The number of rotatable bonds is 6. The first-order valence-electron chi connectivity index (χ1n) is 6.94. The Morgan fingerprint density at radius 2 is 1.95 bits per heavy atom. The van der Waals surface area contributed by atoms with Crippen LogP contribution in [-0.4, -0.2) is 12.5 Å². The minimum Gasteiger partial charge on any atom is -0.484 e. The Bertz CT molecular complexity index is 582. The first-order valence-corrected chi connectivity index (χ1v) is 6.94. The smallest absolute Gasteiger partial charge is 0.258 e. The fourth-order valence-electron chi connectivity index (χ4n) is 1.88. The Morgan fingerprint density at radius 1 is 1.19 bits per heavy atom. The van der Waals surface area contributed by atoms with E-state index in [1.807, 2.05) is 61.5 Å². The highest BCUT2D eigenvalue weighted by atomic mass is 16.5. The molecule has 3 N–H and O–H groups in total. The molecule has 2 rings (SSSR count). The van der Waals surface area contributed by atoms with Crippen LogP contribution in [0.15, 0.2) is 54.6 Å². The van der Waals surface area contributed by atoms with E-state index in [4.69, 9.17) is 10.5 Å². The largest absolute Gasteiger partial charge is 0.484 e. The summed E-state index contributed by atoms with van der Waals surface area (Å²) in [6.07, 6.45) is 0. The third kappa shape index (κ3) is 4.93. The van der Waals surface area contributed by atoms with Gasteiger partial charge in [-0.05, 0) is 30.2 Å². The Hall–Kier alpha value is -2.33. The monoisotopic (exact) mass is 284 g/mol. The highest BCUT2D eigenvalue weighted by molar-refractivity contribution is 5.77. The normalized spacial score (nSPS) is 11.7. The summed E-state index contributed by atoms with van der Waals surface area (Å²) in [4.78, 5) is 11.7. The molecule has 0 aromatic heterocycles. The Morgan fingerprint density at radius 3 is 2.67 bits per heavy atom. The van der Waals surface area contributed by atoms with E-state index in [0.29, 0.717) is 12.3 Å². The van der Waals surface area contributed by atoms with Crippen molar-refractivity contribution in [3.8, 4) is 5.75 Å². The van der Waals surface area contributed by atoms with Crippen molar-refractivity contribution < 1.29 is 9.53 Å². The fourth-order valence-corrected chi connectivity index (χ4v) is 1.88. The van der Waals surface area contributed by atoms with Gasteiger partial charge in [0.2, 0.25) is 0 Å². The SMILES string of the molecule is C[C@H](N)c1cccc(OCC(=O)NCc2ccccc2)c1. The summed E-state index contributed by atoms with van der Waals surface area (Å²) in [5.41, 5.74) is 7.86. The molecule has 0 spiro atoms. The molecule has 0 aliphatic carbocycles. The van der Waals surface area contributed by atoms with Crippen molar-refractivity contribution in [1.82, 2.24) is 5.32 Å². The van der Waals surface area contributed by atoms with Gasteiger partial charge in [0, 0.05) is 12.6 Å². The summed E-state index contributed by atoms with van der Waals surface area (Å²) in [7, 11) is 0. The average molecular weight is 284 g/mol. The molecule has 4 heteroatoms. The first kappa shape index (κ1) is 15.1. The van der Waals surface area contributed by atoms with Gasteiger partial charge in [-0.1, -0.05) is 42.5 Å². The Labute approximate surface area is 124 Å². The number of nitrogens with one attached hydrogen (secondary N) is 1. The maximum absolute atomic E-state index is 11.7. The number of hydrogen-bond donors (Lipinski definition) is 2. The summed E-state index contributed by atoms with van der Waals surface area (Å²) >= 11 is 0. The minimum atomic E-state index is -0.148. The molecule has 0 saturated carbocycles. The molecule has 0 radical (unpaired) electrons. The molecule has 0 saturated heterocycles. The molecule has 2 aromatic carbocycles. The van der Waals surface area contributed by atoms with E-state index in [1.165, 1.54) is 0 Å². The van der Waals surface area contributed by atoms with Crippen molar-refractivity contribution >= 4 is 5.91 Å². The number of amides is 1. The fraction of sp³-hybridized carbons (Fsp3) is 0.235. The van der Waals surface area contributed by atoms with Gasteiger partial charge in [-0.2, -0.15) is 0 Å². The molecule has 1 amide bonds. The molecule has 0 bridgehead atoms. The lowest BCUT2D eigenvalue weighted by Gasteiger charge is -2.10. The predicted molar refractivity (Wildman–Crippen MR) is 82.8 cm³/mol.